The van der Waals surface area contributed by atoms with Crippen LogP contribution >= 0.6 is 0 Å². The standard InChI is InChI=1S/C16H25BN2O3/c1-7-19(6)14(20)10-13-9-8-12(11-18-13)17-21-15(2,3)16(4,5)22-17/h8-9,11H,7,10H2,1-6H3. The van der Waals surface area contributed by atoms with Gasteiger partial charge in [0.1, 0.15) is 0 Å². The molecule has 2 rings (SSSR count). The monoisotopic (exact) mass is 304 g/mol. The summed E-state index contributed by atoms with van der Waals surface area (Å²) in [4.78, 5) is 17.9. The number of nitrogens with zero attached hydrogens (tertiary/aromatic N) is 2. The van der Waals surface area contributed by atoms with E-state index in [2.05, 4.69) is 4.98 Å². The molecule has 1 aromatic rings. The highest BCUT2D eigenvalue weighted by molar-refractivity contribution is 6.62. The lowest BCUT2D eigenvalue weighted by Crippen LogP contribution is -2.41. The highest BCUT2D eigenvalue weighted by Gasteiger charge is 2.51. The summed E-state index contributed by atoms with van der Waals surface area (Å²) in [5, 5.41) is 0. The van der Waals surface area contributed by atoms with Crippen LogP contribution in [-0.2, 0) is 20.5 Å². The van der Waals surface area contributed by atoms with Crippen LogP contribution in [0.1, 0.15) is 40.3 Å². The predicted molar refractivity (Wildman–Crippen MR) is 87.0 cm³/mol. The lowest BCUT2D eigenvalue weighted by Gasteiger charge is -2.32. The molecule has 0 unspecified atom stereocenters. The van der Waals surface area contributed by atoms with Gasteiger partial charge >= 0.3 is 7.12 Å². The lowest BCUT2D eigenvalue weighted by atomic mass is 9.80. The van der Waals surface area contributed by atoms with Crippen molar-refractivity contribution in [2.45, 2.75) is 52.2 Å². The summed E-state index contributed by atoms with van der Waals surface area (Å²) in [6.07, 6.45) is 2.05. The van der Waals surface area contributed by atoms with E-state index in [1.807, 2.05) is 46.8 Å². The average molecular weight is 304 g/mol. The van der Waals surface area contributed by atoms with Gasteiger partial charge in [0.2, 0.25) is 5.91 Å². The van der Waals surface area contributed by atoms with Crippen molar-refractivity contribution in [3.05, 3.63) is 24.0 Å². The number of hydrogen-bond acceptors (Lipinski definition) is 4. The molecule has 1 fully saturated rings. The average Bonchev–Trinajstić information content (AvgIpc) is 2.67. The molecule has 2 heterocycles. The zero-order valence-corrected chi connectivity index (χ0v) is 14.3. The summed E-state index contributed by atoms with van der Waals surface area (Å²) in [6.45, 7) is 10.7. The van der Waals surface area contributed by atoms with Gasteiger partial charge in [-0.25, -0.2) is 0 Å². The second-order valence-electron chi connectivity index (χ2n) is 6.76. The van der Waals surface area contributed by atoms with Gasteiger partial charge in [0.25, 0.3) is 0 Å². The van der Waals surface area contributed by atoms with Gasteiger partial charge in [-0.3, -0.25) is 9.78 Å². The van der Waals surface area contributed by atoms with Crippen molar-refractivity contribution in [2.24, 2.45) is 0 Å². The minimum atomic E-state index is -0.416. The summed E-state index contributed by atoms with van der Waals surface area (Å²) in [5.74, 6) is 0.0679. The number of carbonyl (C=O) groups excluding carboxylic acids is 1. The van der Waals surface area contributed by atoms with E-state index in [0.717, 1.165) is 11.2 Å². The molecular formula is C16H25BN2O3. The third-order valence-electron chi connectivity index (χ3n) is 4.61. The minimum Gasteiger partial charge on any atom is -0.399 e. The fraction of sp³-hybridized carbons (Fsp3) is 0.625. The molecule has 0 radical (unpaired) electrons. The first kappa shape index (κ1) is 17.0. The van der Waals surface area contributed by atoms with Gasteiger partial charge in [0.05, 0.1) is 17.6 Å². The Morgan fingerprint density at radius 2 is 1.82 bits per heavy atom. The van der Waals surface area contributed by atoms with Crippen molar-refractivity contribution in [3.8, 4) is 0 Å². The maximum Gasteiger partial charge on any atom is 0.496 e. The number of pyridine rings is 1. The number of carbonyl (C=O) groups is 1. The van der Waals surface area contributed by atoms with Gasteiger partial charge < -0.3 is 14.2 Å². The first-order valence-corrected chi connectivity index (χ1v) is 7.70. The Bertz CT molecular complexity index is 527. The maximum absolute atomic E-state index is 11.9. The van der Waals surface area contributed by atoms with Gasteiger partial charge in [-0.05, 0) is 40.7 Å². The van der Waals surface area contributed by atoms with Crippen LogP contribution in [0.5, 0.6) is 0 Å². The molecule has 0 aliphatic carbocycles. The summed E-state index contributed by atoms with van der Waals surface area (Å²) in [6, 6.07) is 3.78. The molecule has 5 nitrogen and oxygen atoms in total. The number of hydrogen-bond donors (Lipinski definition) is 0. The van der Waals surface area contributed by atoms with Crippen LogP contribution < -0.4 is 5.46 Å². The van der Waals surface area contributed by atoms with Crippen LogP contribution in [0.4, 0.5) is 0 Å². The van der Waals surface area contributed by atoms with Crippen LogP contribution in [0.25, 0.3) is 0 Å². The third-order valence-corrected chi connectivity index (χ3v) is 4.61. The highest BCUT2D eigenvalue weighted by atomic mass is 16.7. The van der Waals surface area contributed by atoms with Gasteiger partial charge in [0, 0.05) is 30.9 Å². The van der Waals surface area contributed by atoms with Crippen LogP contribution in [0.2, 0.25) is 0 Å². The van der Waals surface area contributed by atoms with Gasteiger partial charge in [-0.2, -0.15) is 0 Å². The second-order valence-corrected chi connectivity index (χ2v) is 6.76. The van der Waals surface area contributed by atoms with Crippen LogP contribution in [-0.4, -0.2) is 47.7 Å². The molecule has 0 saturated carbocycles. The molecule has 0 aromatic carbocycles. The molecule has 1 aliphatic heterocycles. The molecule has 1 saturated heterocycles. The van der Waals surface area contributed by atoms with Crippen LogP contribution in [0.3, 0.4) is 0 Å². The molecule has 0 bridgehead atoms. The van der Waals surface area contributed by atoms with E-state index in [0.29, 0.717) is 13.0 Å². The van der Waals surface area contributed by atoms with Gasteiger partial charge in [-0.15, -0.1) is 0 Å². The minimum absolute atomic E-state index is 0.0679. The number of aromatic nitrogens is 1. The van der Waals surface area contributed by atoms with E-state index in [9.17, 15) is 4.79 Å². The Morgan fingerprint density at radius 3 is 2.27 bits per heavy atom. The fourth-order valence-corrected chi connectivity index (χ4v) is 2.13. The largest absolute Gasteiger partial charge is 0.496 e. The van der Waals surface area contributed by atoms with Crippen LogP contribution in [0.15, 0.2) is 18.3 Å². The topological polar surface area (TPSA) is 51.7 Å². The van der Waals surface area contributed by atoms with E-state index < -0.39 is 7.12 Å². The molecule has 22 heavy (non-hydrogen) atoms. The van der Waals surface area contributed by atoms with Gasteiger partial charge in [-0.1, -0.05) is 6.07 Å². The first-order valence-electron chi connectivity index (χ1n) is 7.70. The van der Waals surface area contributed by atoms with E-state index in [-0.39, 0.29) is 17.1 Å². The highest BCUT2D eigenvalue weighted by Crippen LogP contribution is 2.36. The quantitative estimate of drug-likeness (QED) is 0.789. The van der Waals surface area contributed by atoms with E-state index in [1.165, 1.54) is 0 Å². The normalized spacial score (nSPS) is 19.3. The number of amides is 1. The van der Waals surface area contributed by atoms with Crippen molar-refractivity contribution in [3.63, 3.8) is 0 Å². The summed E-state index contributed by atoms with van der Waals surface area (Å²) in [7, 11) is 1.38. The zero-order valence-electron chi connectivity index (χ0n) is 14.3. The molecule has 1 aliphatic rings. The molecule has 1 aromatic heterocycles. The molecule has 120 valence electrons. The fourth-order valence-electron chi connectivity index (χ4n) is 2.13. The van der Waals surface area contributed by atoms with Crippen LogP contribution in [0, 0.1) is 0 Å². The SMILES string of the molecule is CCN(C)C(=O)Cc1ccc(B2OC(C)(C)C(C)(C)O2)cn1. The predicted octanol–water partition coefficient (Wildman–Crippen LogP) is 1.40. The smallest absolute Gasteiger partial charge is 0.399 e. The molecule has 1 amide bonds. The Kier molecular flexibility index (Phi) is 4.63. The molecule has 6 heteroatoms. The van der Waals surface area contributed by atoms with E-state index in [4.69, 9.17) is 9.31 Å². The van der Waals surface area contributed by atoms with Crippen molar-refractivity contribution in [2.75, 3.05) is 13.6 Å². The third kappa shape index (κ3) is 3.33. The first-order chi connectivity index (χ1) is 10.2. The second kappa shape index (κ2) is 6.01. The Balaban J connectivity index is 2.06. The van der Waals surface area contributed by atoms with E-state index >= 15 is 0 Å². The Morgan fingerprint density at radius 1 is 1.23 bits per heavy atom. The summed E-state index contributed by atoms with van der Waals surface area (Å²) >= 11 is 0. The lowest BCUT2D eigenvalue weighted by molar-refractivity contribution is -0.129. The van der Waals surface area contributed by atoms with Crippen molar-refractivity contribution >= 4 is 18.5 Å². The number of likely N-dealkylation sites (N-methyl/N-ethyl adjacent to an activating group) is 1. The number of rotatable bonds is 4. The summed E-state index contributed by atoms with van der Waals surface area (Å²) in [5.41, 5.74) is 0.899. The maximum atomic E-state index is 11.9. The molecule has 0 spiro atoms. The Hall–Kier alpha value is -1.40. The van der Waals surface area contributed by atoms with Crippen molar-refractivity contribution in [1.82, 2.24) is 9.88 Å². The molecule has 0 atom stereocenters. The molecular weight excluding hydrogens is 279 g/mol. The summed E-state index contributed by atoms with van der Waals surface area (Å²) < 4.78 is 12.0. The molecule has 0 N–H and O–H groups in total. The van der Waals surface area contributed by atoms with E-state index in [1.54, 1.807) is 18.1 Å². The van der Waals surface area contributed by atoms with Gasteiger partial charge in [0.15, 0.2) is 0 Å². The Labute approximate surface area is 133 Å². The zero-order chi connectivity index (χ0) is 16.5. The van der Waals surface area contributed by atoms with Crippen molar-refractivity contribution < 1.29 is 14.1 Å². The van der Waals surface area contributed by atoms with Crippen molar-refractivity contribution in [1.29, 1.82) is 0 Å².